The highest BCUT2D eigenvalue weighted by Gasteiger charge is 2.28. The third kappa shape index (κ3) is 2.78. The fraction of sp³-hybridized carbons (Fsp3) is 0.214. The zero-order valence-electron chi connectivity index (χ0n) is 11.7. The molecule has 0 unspecified atom stereocenters. The van der Waals surface area contributed by atoms with Gasteiger partial charge in [-0.25, -0.2) is 13.2 Å². The molecule has 0 aliphatic heterocycles. The number of esters is 1. The number of hydrogen-bond donors (Lipinski definition) is 1. The molecule has 2 N–H and O–H groups in total. The highest BCUT2D eigenvalue weighted by Crippen LogP contribution is 2.28. The van der Waals surface area contributed by atoms with Crippen LogP contribution in [0.3, 0.4) is 0 Å². The fourth-order valence-corrected chi connectivity index (χ4v) is 3.58. The van der Waals surface area contributed by atoms with Gasteiger partial charge in [0.25, 0.3) is 0 Å². The lowest BCUT2D eigenvalue weighted by atomic mass is 10.3. The number of aromatic nitrogens is 1. The maximum Gasteiger partial charge on any atom is 0.341 e. The first-order valence-corrected chi connectivity index (χ1v) is 7.79. The minimum absolute atomic E-state index is 0.00241. The lowest BCUT2D eigenvalue weighted by Crippen LogP contribution is -2.11. The number of hydrogen-bond acceptors (Lipinski definition) is 5. The molecule has 0 aliphatic carbocycles. The number of carbonyl (C=O) groups is 1. The smallest absolute Gasteiger partial charge is 0.341 e. The summed E-state index contributed by atoms with van der Waals surface area (Å²) in [4.78, 5) is 11.8. The van der Waals surface area contributed by atoms with Crippen LogP contribution in [0.1, 0.15) is 17.3 Å². The second kappa shape index (κ2) is 5.61. The van der Waals surface area contributed by atoms with E-state index in [-0.39, 0.29) is 27.6 Å². The van der Waals surface area contributed by atoms with Gasteiger partial charge in [0.15, 0.2) is 0 Å². The Morgan fingerprint density at radius 3 is 2.52 bits per heavy atom. The highest BCUT2D eigenvalue weighted by molar-refractivity contribution is 7.91. The molecule has 0 fully saturated rings. The van der Waals surface area contributed by atoms with Gasteiger partial charge in [0.2, 0.25) is 9.84 Å². The van der Waals surface area contributed by atoms with E-state index in [0.717, 1.165) is 0 Å². The van der Waals surface area contributed by atoms with E-state index in [1.807, 2.05) is 0 Å². The summed E-state index contributed by atoms with van der Waals surface area (Å²) in [6.07, 6.45) is 2.79. The minimum atomic E-state index is -3.89. The molecule has 2 rings (SSSR count). The summed E-state index contributed by atoms with van der Waals surface area (Å²) >= 11 is 0. The number of aryl methyl sites for hydroxylation is 1. The van der Waals surface area contributed by atoms with Gasteiger partial charge in [-0.15, -0.1) is 0 Å². The van der Waals surface area contributed by atoms with Crippen molar-refractivity contribution in [2.45, 2.75) is 16.7 Å². The van der Waals surface area contributed by atoms with Crippen LogP contribution in [0.4, 0.5) is 5.69 Å². The number of anilines is 1. The maximum absolute atomic E-state index is 12.7. The summed E-state index contributed by atoms with van der Waals surface area (Å²) in [6, 6.07) is 6.13. The van der Waals surface area contributed by atoms with Crippen molar-refractivity contribution in [3.8, 4) is 0 Å². The summed E-state index contributed by atoms with van der Waals surface area (Å²) in [5.41, 5.74) is 5.87. The largest absolute Gasteiger partial charge is 0.462 e. The third-order valence-electron chi connectivity index (χ3n) is 2.91. The molecular formula is C14H16N2O4S. The Hall–Kier alpha value is -2.28. The average Bonchev–Trinajstić information content (AvgIpc) is 2.82. The monoisotopic (exact) mass is 308 g/mol. The van der Waals surface area contributed by atoms with Gasteiger partial charge >= 0.3 is 5.97 Å². The molecule has 0 amide bonds. The number of para-hydroxylation sites is 1. The van der Waals surface area contributed by atoms with Crippen LogP contribution in [0.25, 0.3) is 0 Å². The molecule has 112 valence electrons. The van der Waals surface area contributed by atoms with Crippen LogP contribution in [-0.2, 0) is 21.6 Å². The molecule has 6 nitrogen and oxygen atoms in total. The van der Waals surface area contributed by atoms with Crippen LogP contribution in [0.2, 0.25) is 0 Å². The molecular weight excluding hydrogens is 292 g/mol. The molecule has 0 saturated carbocycles. The van der Waals surface area contributed by atoms with Gasteiger partial charge < -0.3 is 15.0 Å². The second-order valence-electron chi connectivity index (χ2n) is 4.46. The number of rotatable bonds is 4. The molecule has 0 saturated heterocycles. The van der Waals surface area contributed by atoms with Crippen molar-refractivity contribution >= 4 is 21.5 Å². The van der Waals surface area contributed by atoms with E-state index in [9.17, 15) is 13.2 Å². The lowest BCUT2D eigenvalue weighted by Gasteiger charge is -2.07. The third-order valence-corrected chi connectivity index (χ3v) is 4.77. The Morgan fingerprint density at radius 2 is 1.90 bits per heavy atom. The van der Waals surface area contributed by atoms with Crippen LogP contribution < -0.4 is 5.73 Å². The number of nitrogen functional groups attached to an aromatic ring is 1. The zero-order valence-corrected chi connectivity index (χ0v) is 12.6. The molecule has 0 spiro atoms. The van der Waals surface area contributed by atoms with Crippen molar-refractivity contribution in [2.75, 3.05) is 12.3 Å². The fourth-order valence-electron chi connectivity index (χ4n) is 1.98. The van der Waals surface area contributed by atoms with E-state index in [1.54, 1.807) is 26.1 Å². The molecule has 0 bridgehead atoms. The quantitative estimate of drug-likeness (QED) is 0.684. The number of sulfone groups is 1. The van der Waals surface area contributed by atoms with Gasteiger partial charge in [0.05, 0.1) is 22.8 Å². The summed E-state index contributed by atoms with van der Waals surface area (Å²) in [5, 5.41) is 0. The molecule has 0 radical (unpaired) electrons. The van der Waals surface area contributed by atoms with E-state index in [1.165, 1.54) is 29.1 Å². The van der Waals surface area contributed by atoms with Gasteiger partial charge in [-0.1, -0.05) is 12.1 Å². The second-order valence-corrected chi connectivity index (χ2v) is 6.35. The van der Waals surface area contributed by atoms with E-state index in [4.69, 9.17) is 10.5 Å². The molecule has 21 heavy (non-hydrogen) atoms. The van der Waals surface area contributed by atoms with Gasteiger partial charge in [-0.3, -0.25) is 0 Å². The first kappa shape index (κ1) is 15.1. The number of nitrogens with zero attached hydrogens (tertiary/aromatic N) is 1. The Labute approximate surface area is 123 Å². The Kier molecular flexibility index (Phi) is 4.04. The Bertz CT molecular complexity index is 778. The molecule has 7 heteroatoms. The average molecular weight is 308 g/mol. The van der Waals surface area contributed by atoms with Crippen molar-refractivity contribution in [2.24, 2.45) is 7.05 Å². The van der Waals surface area contributed by atoms with Crippen LogP contribution >= 0.6 is 0 Å². The van der Waals surface area contributed by atoms with E-state index in [0.29, 0.717) is 0 Å². The first-order valence-electron chi connectivity index (χ1n) is 6.30. The highest BCUT2D eigenvalue weighted by atomic mass is 32.2. The lowest BCUT2D eigenvalue weighted by molar-refractivity contribution is 0.0522. The van der Waals surface area contributed by atoms with E-state index in [2.05, 4.69) is 0 Å². The van der Waals surface area contributed by atoms with Crippen molar-refractivity contribution < 1.29 is 17.9 Å². The molecule has 0 aliphatic rings. The maximum atomic E-state index is 12.7. The first-order chi connectivity index (χ1) is 9.87. The van der Waals surface area contributed by atoms with Crippen molar-refractivity contribution in [1.29, 1.82) is 0 Å². The SMILES string of the molecule is CCOC(=O)c1cn(C)cc1S(=O)(=O)c1ccccc1N. The zero-order chi connectivity index (χ0) is 15.6. The van der Waals surface area contributed by atoms with E-state index < -0.39 is 15.8 Å². The Balaban J connectivity index is 2.61. The number of nitrogens with two attached hydrogens (primary N) is 1. The van der Waals surface area contributed by atoms with Crippen molar-refractivity contribution in [3.05, 3.63) is 42.2 Å². The standard InChI is InChI=1S/C14H16N2O4S/c1-3-20-14(17)10-8-16(2)9-13(10)21(18,19)12-7-5-4-6-11(12)15/h4-9H,3,15H2,1-2H3. The van der Waals surface area contributed by atoms with Gasteiger partial charge in [0, 0.05) is 19.4 Å². The minimum Gasteiger partial charge on any atom is -0.462 e. The van der Waals surface area contributed by atoms with Crippen LogP contribution in [-0.4, -0.2) is 25.6 Å². The number of benzene rings is 1. The summed E-state index contributed by atoms with van der Waals surface area (Å²) in [5.74, 6) is -0.675. The summed E-state index contributed by atoms with van der Waals surface area (Å²) in [7, 11) is -2.25. The van der Waals surface area contributed by atoms with Crippen molar-refractivity contribution in [3.63, 3.8) is 0 Å². The molecule has 1 heterocycles. The van der Waals surface area contributed by atoms with Gasteiger partial charge in [-0.05, 0) is 19.1 Å². The molecule has 1 aromatic carbocycles. The molecule has 2 aromatic rings. The van der Waals surface area contributed by atoms with Gasteiger partial charge in [-0.2, -0.15) is 0 Å². The predicted octanol–water partition coefficient (Wildman–Crippen LogP) is 1.62. The van der Waals surface area contributed by atoms with Crippen molar-refractivity contribution in [1.82, 2.24) is 4.57 Å². The predicted molar refractivity (Wildman–Crippen MR) is 77.7 cm³/mol. The van der Waals surface area contributed by atoms with Crippen LogP contribution in [0, 0.1) is 0 Å². The normalized spacial score (nSPS) is 11.3. The number of carbonyl (C=O) groups excluding carboxylic acids is 1. The molecule has 0 atom stereocenters. The van der Waals surface area contributed by atoms with Crippen LogP contribution in [0.15, 0.2) is 46.5 Å². The number of ether oxygens (including phenoxy) is 1. The topological polar surface area (TPSA) is 91.4 Å². The van der Waals surface area contributed by atoms with Gasteiger partial charge in [0.1, 0.15) is 4.90 Å². The molecule has 1 aromatic heterocycles. The Morgan fingerprint density at radius 1 is 1.24 bits per heavy atom. The summed E-state index contributed by atoms with van der Waals surface area (Å²) < 4.78 is 31.8. The van der Waals surface area contributed by atoms with E-state index >= 15 is 0 Å². The van der Waals surface area contributed by atoms with Crippen LogP contribution in [0.5, 0.6) is 0 Å². The summed E-state index contributed by atoms with van der Waals surface area (Å²) in [6.45, 7) is 1.82.